The zero-order chi connectivity index (χ0) is 14.5. The third kappa shape index (κ3) is 5.76. The van der Waals surface area contributed by atoms with Crippen LogP contribution in [0.2, 0.25) is 0 Å². The van der Waals surface area contributed by atoms with Gasteiger partial charge in [-0.2, -0.15) is 13.2 Å². The summed E-state index contributed by atoms with van der Waals surface area (Å²) in [5.41, 5.74) is 1.67. The zero-order valence-corrected chi connectivity index (χ0v) is 12.3. The van der Waals surface area contributed by atoms with E-state index in [1.807, 2.05) is 13.8 Å². The fourth-order valence-corrected chi connectivity index (χ4v) is 2.59. The molecule has 0 saturated heterocycles. The molecule has 0 bridgehead atoms. The molecule has 19 heavy (non-hydrogen) atoms. The van der Waals surface area contributed by atoms with Gasteiger partial charge in [0.25, 0.3) is 0 Å². The summed E-state index contributed by atoms with van der Waals surface area (Å²) < 4.78 is 42.3. The molecule has 0 unspecified atom stereocenters. The molecule has 0 aliphatic rings. The molecule has 0 aromatic heterocycles. The molecule has 1 aromatic carbocycles. The lowest BCUT2D eigenvalue weighted by atomic mass is 10.1. The van der Waals surface area contributed by atoms with Crippen LogP contribution >= 0.6 is 11.8 Å². The van der Waals surface area contributed by atoms with Gasteiger partial charge in [0.05, 0.1) is 12.4 Å². The van der Waals surface area contributed by atoms with Crippen molar-refractivity contribution in [3.63, 3.8) is 0 Å². The van der Waals surface area contributed by atoms with Crippen LogP contribution in [0.15, 0.2) is 17.0 Å². The Balaban J connectivity index is 2.74. The molecule has 0 saturated carbocycles. The van der Waals surface area contributed by atoms with Gasteiger partial charge in [0.2, 0.25) is 0 Å². The summed E-state index contributed by atoms with van der Waals surface area (Å²) >= 11 is 0.837. The summed E-state index contributed by atoms with van der Waals surface area (Å²) in [6.07, 6.45) is -2.11. The Morgan fingerprint density at radius 2 is 1.74 bits per heavy atom. The summed E-state index contributed by atoms with van der Waals surface area (Å²) in [7, 11) is 0. The number of ether oxygens (including phenoxy) is 1. The van der Waals surface area contributed by atoms with E-state index in [4.69, 9.17) is 4.74 Å². The maximum Gasteiger partial charge on any atom is 0.398 e. The van der Waals surface area contributed by atoms with Crippen molar-refractivity contribution < 1.29 is 17.9 Å². The van der Waals surface area contributed by atoms with E-state index in [2.05, 4.69) is 6.92 Å². The van der Waals surface area contributed by atoms with Crippen LogP contribution in [-0.4, -0.2) is 18.5 Å². The second-order valence-electron chi connectivity index (χ2n) is 4.49. The molecule has 1 aromatic rings. The molecule has 0 amide bonds. The SMILES string of the molecule is CCCCOc1cc(C)c(SCC(F)(F)F)c(C)c1. The molecular weight excluding hydrogens is 273 g/mol. The van der Waals surface area contributed by atoms with Gasteiger partial charge < -0.3 is 4.74 Å². The van der Waals surface area contributed by atoms with E-state index >= 15 is 0 Å². The first kappa shape index (κ1) is 16.2. The number of alkyl halides is 3. The summed E-state index contributed by atoms with van der Waals surface area (Å²) in [5.74, 6) is -0.120. The van der Waals surface area contributed by atoms with Crippen molar-refractivity contribution in [1.82, 2.24) is 0 Å². The van der Waals surface area contributed by atoms with Crippen LogP contribution in [0.25, 0.3) is 0 Å². The largest absolute Gasteiger partial charge is 0.494 e. The lowest BCUT2D eigenvalue weighted by Gasteiger charge is -2.14. The van der Waals surface area contributed by atoms with Gasteiger partial charge in [-0.25, -0.2) is 0 Å². The van der Waals surface area contributed by atoms with Gasteiger partial charge >= 0.3 is 6.18 Å². The molecule has 0 aliphatic carbocycles. The highest BCUT2D eigenvalue weighted by Crippen LogP contribution is 2.34. The van der Waals surface area contributed by atoms with Crippen LogP contribution in [0.4, 0.5) is 13.2 Å². The average Bonchev–Trinajstić information content (AvgIpc) is 2.26. The predicted octanol–water partition coefficient (Wildman–Crippen LogP) is 5.14. The molecule has 0 atom stereocenters. The zero-order valence-electron chi connectivity index (χ0n) is 11.4. The van der Waals surface area contributed by atoms with E-state index in [0.29, 0.717) is 11.5 Å². The molecule has 0 heterocycles. The summed E-state index contributed by atoms with van der Waals surface area (Å²) in [6, 6.07) is 3.61. The summed E-state index contributed by atoms with van der Waals surface area (Å²) in [4.78, 5) is 0.695. The number of hydrogen-bond donors (Lipinski definition) is 0. The van der Waals surface area contributed by atoms with Crippen LogP contribution in [-0.2, 0) is 0 Å². The first-order valence-electron chi connectivity index (χ1n) is 6.27. The topological polar surface area (TPSA) is 9.23 Å². The van der Waals surface area contributed by atoms with Crippen molar-refractivity contribution in [2.24, 2.45) is 0 Å². The highest BCUT2D eigenvalue weighted by molar-refractivity contribution is 7.99. The highest BCUT2D eigenvalue weighted by atomic mass is 32.2. The second-order valence-corrected chi connectivity index (χ2v) is 5.48. The average molecular weight is 292 g/mol. The third-order valence-corrected chi connectivity index (χ3v) is 3.98. The maximum absolute atomic E-state index is 12.2. The number of thioether (sulfide) groups is 1. The van der Waals surface area contributed by atoms with Crippen LogP contribution in [0.1, 0.15) is 30.9 Å². The van der Waals surface area contributed by atoms with Crippen molar-refractivity contribution in [1.29, 1.82) is 0 Å². The first-order valence-corrected chi connectivity index (χ1v) is 7.25. The fourth-order valence-electron chi connectivity index (χ4n) is 1.71. The van der Waals surface area contributed by atoms with Gasteiger partial charge in [0, 0.05) is 4.90 Å². The predicted molar refractivity (Wildman–Crippen MR) is 73.1 cm³/mol. The van der Waals surface area contributed by atoms with Crippen LogP contribution in [0.5, 0.6) is 5.75 Å². The fraction of sp³-hybridized carbons (Fsp3) is 0.571. The van der Waals surface area contributed by atoms with Crippen LogP contribution in [0, 0.1) is 13.8 Å². The van der Waals surface area contributed by atoms with Gasteiger partial charge in [-0.05, 0) is 43.5 Å². The van der Waals surface area contributed by atoms with Crippen LogP contribution in [0.3, 0.4) is 0 Å². The van der Waals surface area contributed by atoms with Crippen molar-refractivity contribution >= 4 is 11.8 Å². The van der Waals surface area contributed by atoms with Crippen molar-refractivity contribution in [2.45, 2.75) is 44.7 Å². The normalized spacial score (nSPS) is 11.7. The molecule has 1 nitrogen and oxygen atoms in total. The number of hydrogen-bond acceptors (Lipinski definition) is 2. The van der Waals surface area contributed by atoms with E-state index in [-0.39, 0.29) is 0 Å². The van der Waals surface area contributed by atoms with E-state index in [1.54, 1.807) is 12.1 Å². The third-order valence-electron chi connectivity index (χ3n) is 2.58. The Morgan fingerprint density at radius 1 is 1.16 bits per heavy atom. The summed E-state index contributed by atoms with van der Waals surface area (Å²) in [5, 5.41) is 0. The molecule has 108 valence electrons. The maximum atomic E-state index is 12.2. The molecule has 1 rings (SSSR count). The number of unbranched alkanes of at least 4 members (excludes halogenated alkanes) is 1. The van der Waals surface area contributed by atoms with Crippen molar-refractivity contribution in [2.75, 3.05) is 12.4 Å². The Morgan fingerprint density at radius 3 is 2.21 bits per heavy atom. The number of benzene rings is 1. The molecular formula is C14H19F3OS. The smallest absolute Gasteiger partial charge is 0.398 e. The summed E-state index contributed by atoms with van der Waals surface area (Å²) in [6.45, 7) is 6.36. The lowest BCUT2D eigenvalue weighted by Crippen LogP contribution is -2.11. The Kier molecular flexibility index (Phi) is 6.04. The van der Waals surface area contributed by atoms with Gasteiger partial charge in [-0.1, -0.05) is 13.3 Å². The molecule has 0 radical (unpaired) electrons. The van der Waals surface area contributed by atoms with E-state index in [9.17, 15) is 13.2 Å². The minimum absolute atomic E-state index is 0.643. The minimum atomic E-state index is -4.14. The molecule has 0 N–H and O–H groups in total. The Bertz CT molecular complexity index is 393. The van der Waals surface area contributed by atoms with E-state index in [0.717, 1.165) is 41.5 Å². The molecule has 0 spiro atoms. The van der Waals surface area contributed by atoms with E-state index < -0.39 is 11.9 Å². The Hall–Kier alpha value is -0.840. The monoisotopic (exact) mass is 292 g/mol. The second kappa shape index (κ2) is 7.08. The molecule has 0 fully saturated rings. The van der Waals surface area contributed by atoms with Crippen molar-refractivity contribution in [3.05, 3.63) is 23.3 Å². The first-order chi connectivity index (χ1) is 8.83. The number of rotatable bonds is 6. The van der Waals surface area contributed by atoms with Gasteiger partial charge in [0.1, 0.15) is 5.75 Å². The van der Waals surface area contributed by atoms with Gasteiger partial charge in [-0.15, -0.1) is 11.8 Å². The van der Waals surface area contributed by atoms with Gasteiger partial charge in [0.15, 0.2) is 0 Å². The van der Waals surface area contributed by atoms with Crippen LogP contribution < -0.4 is 4.74 Å². The number of aryl methyl sites for hydroxylation is 2. The highest BCUT2D eigenvalue weighted by Gasteiger charge is 2.27. The Labute approximate surface area is 116 Å². The number of halogens is 3. The van der Waals surface area contributed by atoms with Gasteiger partial charge in [-0.3, -0.25) is 0 Å². The molecule has 5 heteroatoms. The quantitative estimate of drug-likeness (QED) is 0.530. The standard InChI is InChI=1S/C14H19F3OS/c1-4-5-6-18-12-7-10(2)13(11(3)8-12)19-9-14(15,16)17/h7-8H,4-6,9H2,1-3H3. The molecule has 0 aliphatic heterocycles. The van der Waals surface area contributed by atoms with E-state index in [1.165, 1.54) is 0 Å². The van der Waals surface area contributed by atoms with Crippen molar-refractivity contribution in [3.8, 4) is 5.75 Å². The lowest BCUT2D eigenvalue weighted by molar-refractivity contribution is -0.105. The minimum Gasteiger partial charge on any atom is -0.494 e.